The van der Waals surface area contributed by atoms with Crippen LogP contribution < -0.4 is 4.57 Å². The van der Waals surface area contributed by atoms with Gasteiger partial charge in [-0.15, -0.1) is 0 Å². The van der Waals surface area contributed by atoms with Crippen LogP contribution in [0.2, 0.25) is 0 Å². The second-order valence-electron chi connectivity index (χ2n) is 5.49. The van der Waals surface area contributed by atoms with Crippen molar-refractivity contribution in [2.45, 2.75) is 78.3 Å². The predicted octanol–water partition coefficient (Wildman–Crippen LogP) is 3.53. The molecular weight excluding hydrogens is 208 g/mol. The van der Waals surface area contributed by atoms with E-state index in [1.165, 1.54) is 76.0 Å². The Kier molecular flexibility index (Phi) is 4.64. The first kappa shape index (κ1) is 12.7. The van der Waals surface area contributed by atoms with Crippen LogP contribution in [0.5, 0.6) is 0 Å². The van der Waals surface area contributed by atoms with E-state index in [2.05, 4.69) is 29.2 Å². The third-order valence-electron chi connectivity index (χ3n) is 4.11. The third-order valence-corrected chi connectivity index (χ3v) is 4.11. The zero-order valence-electron chi connectivity index (χ0n) is 11.5. The average molecular weight is 235 g/mol. The lowest BCUT2D eigenvalue weighted by Gasteiger charge is -2.02. The van der Waals surface area contributed by atoms with Gasteiger partial charge >= 0.3 is 0 Å². The molecule has 1 aromatic rings. The number of imidazole rings is 1. The SMILES string of the molecule is Cc1c[n+]2c(C)n1CCCCCCCCCC2. The summed E-state index contributed by atoms with van der Waals surface area (Å²) in [6.45, 7) is 6.94. The van der Waals surface area contributed by atoms with Gasteiger partial charge < -0.3 is 0 Å². The van der Waals surface area contributed by atoms with E-state index in [0.717, 1.165) is 0 Å². The Hall–Kier alpha value is -0.790. The molecule has 0 unspecified atom stereocenters. The summed E-state index contributed by atoms with van der Waals surface area (Å²) in [6.07, 6.45) is 13.6. The highest BCUT2D eigenvalue weighted by atomic mass is 15.2. The van der Waals surface area contributed by atoms with E-state index in [4.69, 9.17) is 0 Å². The molecule has 0 fully saturated rings. The van der Waals surface area contributed by atoms with E-state index in [1.54, 1.807) is 0 Å². The van der Waals surface area contributed by atoms with Gasteiger partial charge in [0.1, 0.15) is 11.9 Å². The molecule has 0 aliphatic carbocycles. The lowest BCUT2D eigenvalue weighted by molar-refractivity contribution is -0.703. The van der Waals surface area contributed by atoms with Crippen molar-refractivity contribution in [1.29, 1.82) is 0 Å². The topological polar surface area (TPSA) is 8.81 Å². The summed E-state index contributed by atoms with van der Waals surface area (Å²) in [6, 6.07) is 0. The first-order valence-corrected chi connectivity index (χ1v) is 7.35. The maximum Gasteiger partial charge on any atom is 0.253 e. The fraction of sp³-hybridized carbons (Fsp3) is 0.800. The van der Waals surface area contributed by atoms with Gasteiger partial charge in [-0.1, -0.05) is 25.7 Å². The number of aromatic nitrogens is 2. The van der Waals surface area contributed by atoms with E-state index in [9.17, 15) is 0 Å². The Morgan fingerprint density at radius 3 is 2.18 bits per heavy atom. The molecule has 96 valence electrons. The van der Waals surface area contributed by atoms with E-state index in [-0.39, 0.29) is 0 Å². The van der Waals surface area contributed by atoms with Crippen LogP contribution in [0.25, 0.3) is 0 Å². The highest BCUT2D eigenvalue weighted by molar-refractivity contribution is 4.95. The predicted molar refractivity (Wildman–Crippen MR) is 71.0 cm³/mol. The summed E-state index contributed by atoms with van der Waals surface area (Å²) >= 11 is 0. The molecular formula is C15H27N2+. The van der Waals surface area contributed by atoms with Crippen molar-refractivity contribution in [3.8, 4) is 0 Å². The molecule has 2 rings (SSSR count). The molecule has 0 amide bonds. The zero-order valence-corrected chi connectivity index (χ0v) is 11.5. The van der Waals surface area contributed by atoms with Gasteiger partial charge in [0, 0.05) is 13.8 Å². The summed E-state index contributed by atoms with van der Waals surface area (Å²) in [5, 5.41) is 0. The number of hydrogen-bond donors (Lipinski definition) is 0. The normalized spacial score (nSPS) is 19.2. The summed E-state index contributed by atoms with van der Waals surface area (Å²) in [5.74, 6) is 1.45. The Bertz CT molecular complexity index is 352. The van der Waals surface area contributed by atoms with Crippen LogP contribution >= 0.6 is 0 Å². The molecule has 0 saturated carbocycles. The van der Waals surface area contributed by atoms with Crippen molar-refractivity contribution >= 4 is 0 Å². The molecule has 0 atom stereocenters. The van der Waals surface area contributed by atoms with Gasteiger partial charge in [-0.2, -0.15) is 0 Å². The molecule has 2 heteroatoms. The first-order valence-electron chi connectivity index (χ1n) is 7.35. The van der Waals surface area contributed by atoms with Gasteiger partial charge in [-0.3, -0.25) is 0 Å². The van der Waals surface area contributed by atoms with Gasteiger partial charge in [-0.05, 0) is 25.7 Å². The van der Waals surface area contributed by atoms with Crippen LogP contribution in [0, 0.1) is 13.8 Å². The Morgan fingerprint density at radius 2 is 1.47 bits per heavy atom. The quantitative estimate of drug-likeness (QED) is 0.608. The zero-order chi connectivity index (χ0) is 12.1. The van der Waals surface area contributed by atoms with Crippen molar-refractivity contribution in [2.24, 2.45) is 0 Å². The summed E-state index contributed by atoms with van der Waals surface area (Å²) in [7, 11) is 0. The number of aryl methyl sites for hydroxylation is 2. The van der Waals surface area contributed by atoms with E-state index >= 15 is 0 Å². The molecule has 2 nitrogen and oxygen atoms in total. The fourth-order valence-electron chi connectivity index (χ4n) is 2.98. The Balaban J connectivity index is 2.07. The maximum absolute atomic E-state index is 2.50. The van der Waals surface area contributed by atoms with Gasteiger partial charge in [0.25, 0.3) is 5.82 Å². The minimum atomic E-state index is 1.21. The van der Waals surface area contributed by atoms with Crippen molar-refractivity contribution in [3.05, 3.63) is 17.7 Å². The second kappa shape index (κ2) is 6.23. The van der Waals surface area contributed by atoms with Gasteiger partial charge in [-0.25, -0.2) is 9.13 Å². The van der Waals surface area contributed by atoms with Crippen LogP contribution in [0.3, 0.4) is 0 Å². The number of nitrogens with zero attached hydrogens (tertiary/aromatic N) is 2. The lowest BCUT2D eigenvalue weighted by Crippen LogP contribution is -2.35. The molecule has 0 saturated heterocycles. The first-order chi connectivity index (χ1) is 8.29. The summed E-state index contributed by atoms with van der Waals surface area (Å²) < 4.78 is 4.95. The fourth-order valence-corrected chi connectivity index (χ4v) is 2.98. The molecule has 2 bridgehead atoms. The van der Waals surface area contributed by atoms with Crippen LogP contribution in [-0.4, -0.2) is 4.57 Å². The minimum absolute atomic E-state index is 1.21. The molecule has 0 aromatic carbocycles. The standard InChI is InChI=1S/C15H27N2/c1-14-13-16-11-9-7-5-3-4-6-8-10-12-17(14)15(16)2/h13H,3-12H2,1-2H3/q+1. The van der Waals surface area contributed by atoms with Gasteiger partial charge in [0.05, 0.1) is 13.1 Å². The van der Waals surface area contributed by atoms with Crippen LogP contribution in [0.1, 0.15) is 62.9 Å². The van der Waals surface area contributed by atoms with Crippen molar-refractivity contribution < 1.29 is 4.57 Å². The van der Waals surface area contributed by atoms with E-state index in [0.29, 0.717) is 0 Å². The number of rotatable bonds is 0. The van der Waals surface area contributed by atoms with E-state index < -0.39 is 0 Å². The molecule has 0 N–H and O–H groups in total. The van der Waals surface area contributed by atoms with Crippen LogP contribution in [0.4, 0.5) is 0 Å². The lowest BCUT2D eigenvalue weighted by atomic mass is 10.1. The Labute approximate surface area is 106 Å². The average Bonchev–Trinajstić information content (AvgIpc) is 2.59. The van der Waals surface area contributed by atoms with Gasteiger partial charge in [0.2, 0.25) is 0 Å². The molecule has 2 heterocycles. The molecule has 0 radical (unpaired) electrons. The molecule has 1 aromatic heterocycles. The highest BCUT2D eigenvalue weighted by Crippen LogP contribution is 2.12. The largest absolute Gasteiger partial charge is 0.253 e. The highest BCUT2D eigenvalue weighted by Gasteiger charge is 2.16. The smallest absolute Gasteiger partial charge is 0.234 e. The van der Waals surface area contributed by atoms with Crippen LogP contribution in [0.15, 0.2) is 6.20 Å². The van der Waals surface area contributed by atoms with Crippen LogP contribution in [-0.2, 0) is 13.1 Å². The molecule has 0 spiro atoms. The molecule has 1 aliphatic heterocycles. The molecule has 17 heavy (non-hydrogen) atoms. The van der Waals surface area contributed by atoms with Gasteiger partial charge in [0.15, 0.2) is 0 Å². The number of hydrogen-bond acceptors (Lipinski definition) is 0. The van der Waals surface area contributed by atoms with Crippen molar-refractivity contribution in [3.63, 3.8) is 0 Å². The second-order valence-corrected chi connectivity index (χ2v) is 5.49. The summed E-state index contributed by atoms with van der Waals surface area (Å²) in [5.41, 5.74) is 1.43. The minimum Gasteiger partial charge on any atom is -0.234 e. The van der Waals surface area contributed by atoms with Crippen molar-refractivity contribution in [2.75, 3.05) is 0 Å². The maximum atomic E-state index is 2.50. The number of fused-ring (bicyclic) bond motifs is 2. The summed E-state index contributed by atoms with van der Waals surface area (Å²) in [4.78, 5) is 0. The molecule has 1 aliphatic rings. The third kappa shape index (κ3) is 3.34. The monoisotopic (exact) mass is 235 g/mol. The van der Waals surface area contributed by atoms with E-state index in [1.807, 2.05) is 0 Å². The Morgan fingerprint density at radius 1 is 0.882 bits per heavy atom. The van der Waals surface area contributed by atoms with Crippen molar-refractivity contribution in [1.82, 2.24) is 4.57 Å².